The molecule has 5 nitrogen and oxygen atoms in total. The smallest absolute Gasteiger partial charge is 0.223 e. The molecule has 0 bridgehead atoms. The second kappa shape index (κ2) is 10.1. The minimum absolute atomic E-state index is 0. The lowest BCUT2D eigenvalue weighted by atomic mass is 10.1. The molecule has 2 aliphatic rings. The first-order chi connectivity index (χ1) is 12.0. The fourth-order valence-electron chi connectivity index (χ4n) is 3.20. The normalized spacial score (nSPS) is 21.3. The Balaban J connectivity index is 0.00000243. The van der Waals surface area contributed by atoms with Crippen LogP contribution in [0.4, 0.5) is 4.39 Å². The van der Waals surface area contributed by atoms with Gasteiger partial charge in [-0.05, 0) is 12.1 Å². The van der Waals surface area contributed by atoms with Crippen LogP contribution in [0.2, 0.25) is 10.0 Å². The monoisotopic (exact) mass is 425 g/mol. The second-order valence-corrected chi connectivity index (χ2v) is 7.14. The lowest BCUT2D eigenvalue weighted by molar-refractivity contribution is -0.132. The molecule has 9 heteroatoms. The first-order valence-corrected chi connectivity index (χ1v) is 9.27. The number of benzene rings is 1. The Morgan fingerprint density at radius 2 is 1.96 bits per heavy atom. The molecule has 2 heterocycles. The topological polar surface area (TPSA) is 44.8 Å². The minimum Gasteiger partial charge on any atom is -0.371 e. The molecule has 2 saturated heterocycles. The lowest BCUT2D eigenvalue weighted by Crippen LogP contribution is -2.47. The number of nitrogens with zero attached hydrogens (tertiary/aromatic N) is 2. The van der Waals surface area contributed by atoms with Crippen molar-refractivity contribution < 1.29 is 13.9 Å². The van der Waals surface area contributed by atoms with E-state index in [0.29, 0.717) is 36.7 Å². The summed E-state index contributed by atoms with van der Waals surface area (Å²) in [6.45, 7) is 5.75. The number of rotatable bonds is 4. The highest BCUT2D eigenvalue weighted by molar-refractivity contribution is 6.35. The third-order valence-electron chi connectivity index (χ3n) is 4.65. The molecule has 1 aromatic rings. The molecule has 1 atom stereocenters. The maximum atomic E-state index is 13.8. The molecule has 146 valence electrons. The van der Waals surface area contributed by atoms with Gasteiger partial charge in [0.25, 0.3) is 0 Å². The van der Waals surface area contributed by atoms with E-state index in [0.717, 1.165) is 32.7 Å². The van der Waals surface area contributed by atoms with Crippen LogP contribution in [0.25, 0.3) is 0 Å². The van der Waals surface area contributed by atoms with E-state index < -0.39 is 5.82 Å². The first-order valence-electron chi connectivity index (χ1n) is 8.51. The third-order valence-corrected chi connectivity index (χ3v) is 5.27. The Labute approximate surface area is 169 Å². The summed E-state index contributed by atoms with van der Waals surface area (Å²) < 4.78 is 19.5. The van der Waals surface area contributed by atoms with E-state index in [2.05, 4.69) is 10.2 Å². The third kappa shape index (κ3) is 5.44. The van der Waals surface area contributed by atoms with Gasteiger partial charge in [-0.1, -0.05) is 23.2 Å². The van der Waals surface area contributed by atoms with Crippen molar-refractivity contribution in [3.8, 4) is 0 Å². The largest absolute Gasteiger partial charge is 0.371 e. The molecule has 0 spiro atoms. The van der Waals surface area contributed by atoms with Crippen LogP contribution in [0.1, 0.15) is 18.1 Å². The highest BCUT2D eigenvalue weighted by atomic mass is 35.5. The quantitative estimate of drug-likeness (QED) is 0.752. The summed E-state index contributed by atoms with van der Waals surface area (Å²) in [7, 11) is 0. The van der Waals surface area contributed by atoms with Crippen LogP contribution in [0.5, 0.6) is 0 Å². The van der Waals surface area contributed by atoms with Crippen molar-refractivity contribution in [3.63, 3.8) is 0 Å². The van der Waals surface area contributed by atoms with Gasteiger partial charge in [-0.15, -0.1) is 12.4 Å². The summed E-state index contributed by atoms with van der Waals surface area (Å²) >= 11 is 11.9. The Hall–Kier alpha value is -0.630. The van der Waals surface area contributed by atoms with E-state index in [1.54, 1.807) is 0 Å². The van der Waals surface area contributed by atoms with Crippen LogP contribution < -0.4 is 5.32 Å². The fourth-order valence-corrected chi connectivity index (χ4v) is 3.71. The van der Waals surface area contributed by atoms with E-state index in [4.69, 9.17) is 27.9 Å². The first kappa shape index (κ1) is 21.7. The van der Waals surface area contributed by atoms with Crippen LogP contribution in [0.15, 0.2) is 12.1 Å². The van der Waals surface area contributed by atoms with E-state index in [-0.39, 0.29) is 29.4 Å². The molecule has 0 aromatic heterocycles. The van der Waals surface area contributed by atoms with Gasteiger partial charge >= 0.3 is 0 Å². The van der Waals surface area contributed by atoms with Gasteiger partial charge in [0.1, 0.15) is 5.82 Å². The van der Waals surface area contributed by atoms with Gasteiger partial charge in [0.2, 0.25) is 5.91 Å². The van der Waals surface area contributed by atoms with Gasteiger partial charge in [-0.25, -0.2) is 4.39 Å². The van der Waals surface area contributed by atoms with Crippen molar-refractivity contribution in [2.24, 2.45) is 0 Å². The summed E-state index contributed by atoms with van der Waals surface area (Å²) in [6, 6.07) is 2.74. The molecular formula is C17H23Cl3FN3O2. The van der Waals surface area contributed by atoms with Crippen molar-refractivity contribution in [2.45, 2.75) is 12.5 Å². The predicted octanol–water partition coefficient (Wildman–Crippen LogP) is 2.75. The molecular weight excluding hydrogens is 404 g/mol. The molecule has 1 amide bonds. The molecule has 3 rings (SSSR count). The van der Waals surface area contributed by atoms with E-state index in [1.807, 2.05) is 4.90 Å². The number of hydrogen-bond donors (Lipinski definition) is 1. The molecule has 0 saturated carbocycles. The second-order valence-electron chi connectivity index (χ2n) is 6.33. The zero-order valence-corrected chi connectivity index (χ0v) is 16.7. The Morgan fingerprint density at radius 1 is 1.23 bits per heavy atom. The number of amides is 1. The van der Waals surface area contributed by atoms with Crippen molar-refractivity contribution in [3.05, 3.63) is 33.6 Å². The number of halogens is 4. The highest BCUT2D eigenvalue weighted by Gasteiger charge is 2.26. The molecule has 0 aliphatic carbocycles. The predicted molar refractivity (Wildman–Crippen MR) is 103 cm³/mol. The number of carbonyl (C=O) groups excluding carboxylic acids is 1. The standard InChI is InChI=1S/C17H22Cl2FN3O2.ClH/c18-13-10-14(19)15(20)9-12(13)16-11-22(7-8-25-16)4-1-17(24)23-5-2-21-3-6-23;/h9-10,16,21H,1-8,11H2;1H. The molecule has 0 radical (unpaired) electrons. The summed E-state index contributed by atoms with van der Waals surface area (Å²) in [5, 5.41) is 3.64. The molecule has 1 unspecified atom stereocenters. The van der Waals surface area contributed by atoms with Gasteiger partial charge in [-0.3, -0.25) is 9.69 Å². The van der Waals surface area contributed by atoms with Crippen molar-refractivity contribution in [1.29, 1.82) is 0 Å². The molecule has 1 N–H and O–H groups in total. The van der Waals surface area contributed by atoms with Crippen LogP contribution in [0.3, 0.4) is 0 Å². The maximum absolute atomic E-state index is 13.8. The summed E-state index contributed by atoms with van der Waals surface area (Å²) in [6.07, 6.45) is 0.164. The van der Waals surface area contributed by atoms with Gasteiger partial charge in [-0.2, -0.15) is 0 Å². The number of piperazine rings is 1. The average molecular weight is 427 g/mol. The zero-order chi connectivity index (χ0) is 17.8. The van der Waals surface area contributed by atoms with Crippen molar-refractivity contribution in [1.82, 2.24) is 15.1 Å². The number of morpholine rings is 1. The van der Waals surface area contributed by atoms with Crippen LogP contribution >= 0.6 is 35.6 Å². The zero-order valence-electron chi connectivity index (χ0n) is 14.3. The number of nitrogens with one attached hydrogen (secondary N) is 1. The van der Waals surface area contributed by atoms with Crippen LogP contribution in [-0.2, 0) is 9.53 Å². The van der Waals surface area contributed by atoms with E-state index in [9.17, 15) is 9.18 Å². The SMILES string of the molecule is Cl.O=C(CCN1CCOC(c2cc(F)c(Cl)cc2Cl)C1)N1CCNCC1. The fraction of sp³-hybridized carbons (Fsp3) is 0.588. The van der Waals surface area contributed by atoms with Gasteiger partial charge in [0, 0.05) is 62.8 Å². The Kier molecular flexibility index (Phi) is 8.39. The summed E-state index contributed by atoms with van der Waals surface area (Å²) in [4.78, 5) is 16.3. The average Bonchev–Trinajstić information content (AvgIpc) is 2.63. The number of hydrogen-bond acceptors (Lipinski definition) is 4. The van der Waals surface area contributed by atoms with Crippen molar-refractivity contribution >= 4 is 41.5 Å². The Bertz CT molecular complexity index is 630. The lowest BCUT2D eigenvalue weighted by Gasteiger charge is -2.34. The van der Waals surface area contributed by atoms with Crippen LogP contribution in [0, 0.1) is 5.82 Å². The maximum Gasteiger partial charge on any atom is 0.223 e. The number of carbonyl (C=O) groups is 1. The van der Waals surface area contributed by atoms with Crippen LogP contribution in [-0.4, -0.2) is 68.1 Å². The molecule has 1 aromatic carbocycles. The Morgan fingerprint density at radius 3 is 2.69 bits per heavy atom. The summed E-state index contributed by atoms with van der Waals surface area (Å²) in [5.74, 6) is -0.323. The summed E-state index contributed by atoms with van der Waals surface area (Å²) in [5.41, 5.74) is 0.599. The molecule has 2 aliphatic heterocycles. The molecule has 26 heavy (non-hydrogen) atoms. The number of ether oxygens (including phenoxy) is 1. The van der Waals surface area contributed by atoms with Gasteiger partial charge < -0.3 is 15.0 Å². The van der Waals surface area contributed by atoms with Crippen molar-refractivity contribution in [2.75, 3.05) is 52.4 Å². The van der Waals surface area contributed by atoms with E-state index in [1.165, 1.54) is 12.1 Å². The minimum atomic E-state index is -0.504. The molecule has 2 fully saturated rings. The van der Waals surface area contributed by atoms with Gasteiger partial charge in [0.15, 0.2) is 0 Å². The van der Waals surface area contributed by atoms with Gasteiger partial charge in [0.05, 0.1) is 17.7 Å². The highest BCUT2D eigenvalue weighted by Crippen LogP contribution is 2.32. The van der Waals surface area contributed by atoms with E-state index >= 15 is 0 Å².